The van der Waals surface area contributed by atoms with Crippen LogP contribution in [-0.4, -0.2) is 15.6 Å². The molecule has 0 fully saturated rings. The van der Waals surface area contributed by atoms with E-state index >= 15 is 0 Å². The van der Waals surface area contributed by atoms with Crippen LogP contribution in [0.25, 0.3) is 0 Å². The molecule has 0 aliphatic heterocycles. The van der Waals surface area contributed by atoms with Crippen LogP contribution in [0.3, 0.4) is 0 Å². The van der Waals surface area contributed by atoms with Gasteiger partial charge >= 0.3 is 0 Å². The van der Waals surface area contributed by atoms with Gasteiger partial charge in [0.2, 0.25) is 0 Å². The molecular formula is C20H27OSi. The van der Waals surface area contributed by atoms with Gasteiger partial charge in [-0.15, -0.1) is 0 Å². The molecule has 2 rings (SSSR count). The first-order chi connectivity index (χ1) is 10.3. The second-order valence-corrected chi connectivity index (χ2v) is 8.26. The monoisotopic (exact) mass is 311 g/mol. The Hall–Kier alpha value is -1.38. The Bertz CT molecular complexity index is 585. The van der Waals surface area contributed by atoms with Crippen LogP contribution in [0.1, 0.15) is 40.3 Å². The minimum absolute atomic E-state index is 0.758. The van der Waals surface area contributed by atoms with Crippen molar-refractivity contribution in [1.29, 1.82) is 0 Å². The smallest absolute Gasteiger partial charge is 0.284 e. The molecule has 0 saturated carbocycles. The molecule has 0 saturated heterocycles. The average Bonchev–Trinajstić information content (AvgIpc) is 2.36. The number of aryl methyl sites for hydroxylation is 6. The van der Waals surface area contributed by atoms with Crippen LogP contribution in [0, 0.1) is 41.5 Å². The first-order valence-electron chi connectivity index (χ1n) is 8.01. The SMILES string of the molecule is CCO[Si](c1c(C)cc(C)cc1C)c1c(C)cc(C)cc1C. The molecule has 117 valence electrons. The van der Waals surface area contributed by atoms with Gasteiger partial charge in [0, 0.05) is 6.61 Å². The van der Waals surface area contributed by atoms with Crippen molar-refractivity contribution in [1.82, 2.24) is 0 Å². The molecule has 0 aliphatic carbocycles. The molecule has 0 bridgehead atoms. The maximum Gasteiger partial charge on any atom is 0.284 e. The van der Waals surface area contributed by atoms with Gasteiger partial charge < -0.3 is 4.43 Å². The van der Waals surface area contributed by atoms with Crippen LogP contribution in [-0.2, 0) is 4.43 Å². The highest BCUT2D eigenvalue weighted by Crippen LogP contribution is 2.12. The third-order valence-electron chi connectivity index (χ3n) is 4.10. The van der Waals surface area contributed by atoms with Crippen LogP contribution in [0.5, 0.6) is 0 Å². The van der Waals surface area contributed by atoms with Gasteiger partial charge in [0.1, 0.15) is 0 Å². The minimum Gasteiger partial charge on any atom is -0.408 e. The van der Waals surface area contributed by atoms with Gasteiger partial charge in [-0.1, -0.05) is 35.4 Å². The molecule has 1 nitrogen and oxygen atoms in total. The fourth-order valence-corrected chi connectivity index (χ4v) is 6.04. The van der Waals surface area contributed by atoms with Crippen LogP contribution < -0.4 is 10.4 Å². The Balaban J connectivity index is 2.67. The zero-order valence-corrected chi connectivity index (χ0v) is 15.9. The molecular weight excluding hydrogens is 284 g/mol. The van der Waals surface area contributed by atoms with Crippen LogP contribution in [0.15, 0.2) is 24.3 Å². The average molecular weight is 312 g/mol. The summed E-state index contributed by atoms with van der Waals surface area (Å²) in [6.45, 7) is 16.1. The van der Waals surface area contributed by atoms with Crippen molar-refractivity contribution >= 4 is 19.4 Å². The minimum atomic E-state index is -1.20. The predicted octanol–water partition coefficient (Wildman–Crippen LogP) is 3.68. The molecule has 0 spiro atoms. The Morgan fingerprint density at radius 3 is 1.27 bits per heavy atom. The van der Waals surface area contributed by atoms with Gasteiger partial charge in [-0.05, 0) is 81.1 Å². The van der Waals surface area contributed by atoms with Crippen molar-refractivity contribution in [3.8, 4) is 0 Å². The first-order valence-corrected chi connectivity index (χ1v) is 9.42. The number of hydrogen-bond acceptors (Lipinski definition) is 1. The topological polar surface area (TPSA) is 9.23 Å². The summed E-state index contributed by atoms with van der Waals surface area (Å²) < 4.78 is 6.32. The van der Waals surface area contributed by atoms with Gasteiger partial charge in [-0.2, -0.15) is 0 Å². The van der Waals surface area contributed by atoms with Crippen molar-refractivity contribution < 1.29 is 4.43 Å². The molecule has 0 aromatic heterocycles. The van der Waals surface area contributed by atoms with Crippen molar-refractivity contribution in [3.63, 3.8) is 0 Å². The van der Waals surface area contributed by atoms with E-state index in [1.807, 2.05) is 0 Å². The first kappa shape index (κ1) is 17.0. The summed E-state index contributed by atoms with van der Waals surface area (Å²) in [7, 11) is -1.20. The summed E-state index contributed by atoms with van der Waals surface area (Å²) in [6, 6.07) is 9.13. The van der Waals surface area contributed by atoms with Gasteiger partial charge in [0.15, 0.2) is 0 Å². The molecule has 2 aromatic carbocycles. The van der Waals surface area contributed by atoms with E-state index in [-0.39, 0.29) is 0 Å². The van der Waals surface area contributed by atoms with Crippen LogP contribution >= 0.6 is 0 Å². The second-order valence-electron chi connectivity index (χ2n) is 6.31. The maximum atomic E-state index is 6.32. The highest BCUT2D eigenvalue weighted by molar-refractivity contribution is 6.81. The summed E-state index contributed by atoms with van der Waals surface area (Å²) in [6.07, 6.45) is 0. The van der Waals surface area contributed by atoms with E-state index < -0.39 is 9.04 Å². The second kappa shape index (κ2) is 6.80. The summed E-state index contributed by atoms with van der Waals surface area (Å²) in [4.78, 5) is 0. The molecule has 0 unspecified atom stereocenters. The zero-order chi connectivity index (χ0) is 16.4. The molecule has 0 N–H and O–H groups in total. The fraction of sp³-hybridized carbons (Fsp3) is 0.400. The molecule has 0 heterocycles. The van der Waals surface area contributed by atoms with E-state index in [1.165, 1.54) is 43.8 Å². The van der Waals surface area contributed by atoms with Crippen molar-refractivity contribution in [2.24, 2.45) is 0 Å². The van der Waals surface area contributed by atoms with E-state index in [0.29, 0.717) is 0 Å². The quantitative estimate of drug-likeness (QED) is 0.783. The van der Waals surface area contributed by atoms with Crippen molar-refractivity contribution in [2.75, 3.05) is 6.61 Å². The lowest BCUT2D eigenvalue weighted by Crippen LogP contribution is -2.49. The van der Waals surface area contributed by atoms with E-state index in [9.17, 15) is 0 Å². The third-order valence-corrected chi connectivity index (χ3v) is 7.16. The molecule has 1 radical (unpaired) electrons. The van der Waals surface area contributed by atoms with E-state index in [2.05, 4.69) is 72.7 Å². The standard InChI is InChI=1S/C20H27OSi/c1-8-21-22(19-15(4)9-13(2)10-16(19)5)20-17(6)11-14(3)12-18(20)7/h9-12H,8H2,1-7H3. The Kier molecular flexibility index (Phi) is 5.25. The predicted molar refractivity (Wildman–Crippen MR) is 98.0 cm³/mol. The number of rotatable bonds is 4. The molecule has 0 amide bonds. The van der Waals surface area contributed by atoms with Crippen LogP contribution in [0.4, 0.5) is 0 Å². The van der Waals surface area contributed by atoms with Crippen molar-refractivity contribution in [3.05, 3.63) is 57.6 Å². The third kappa shape index (κ3) is 3.34. The summed E-state index contributed by atoms with van der Waals surface area (Å²) in [5.41, 5.74) is 8.10. The van der Waals surface area contributed by atoms with E-state index in [1.54, 1.807) is 0 Å². The summed E-state index contributed by atoms with van der Waals surface area (Å²) in [5, 5.41) is 2.85. The summed E-state index contributed by atoms with van der Waals surface area (Å²) >= 11 is 0. The van der Waals surface area contributed by atoms with E-state index in [4.69, 9.17) is 4.43 Å². The van der Waals surface area contributed by atoms with Gasteiger partial charge in [0.25, 0.3) is 9.04 Å². The highest BCUT2D eigenvalue weighted by Gasteiger charge is 2.26. The normalized spacial score (nSPS) is 11.3. The Morgan fingerprint density at radius 1 is 0.682 bits per heavy atom. The molecule has 0 atom stereocenters. The lowest BCUT2D eigenvalue weighted by Gasteiger charge is -2.23. The lowest BCUT2D eigenvalue weighted by atomic mass is 10.1. The molecule has 0 aliphatic rings. The molecule has 2 heteroatoms. The largest absolute Gasteiger partial charge is 0.408 e. The van der Waals surface area contributed by atoms with E-state index in [0.717, 1.165) is 6.61 Å². The number of hydrogen-bond donors (Lipinski definition) is 0. The molecule has 2 aromatic rings. The van der Waals surface area contributed by atoms with Gasteiger partial charge in [0.05, 0.1) is 0 Å². The van der Waals surface area contributed by atoms with Gasteiger partial charge in [-0.3, -0.25) is 0 Å². The highest BCUT2D eigenvalue weighted by atomic mass is 28.3. The van der Waals surface area contributed by atoms with Crippen LogP contribution in [0.2, 0.25) is 0 Å². The lowest BCUT2D eigenvalue weighted by molar-refractivity contribution is 0.357. The fourth-order valence-electron chi connectivity index (χ4n) is 3.49. The molecule has 22 heavy (non-hydrogen) atoms. The van der Waals surface area contributed by atoms with Crippen molar-refractivity contribution in [2.45, 2.75) is 48.5 Å². The summed E-state index contributed by atoms with van der Waals surface area (Å²) in [5.74, 6) is 0. The van der Waals surface area contributed by atoms with Gasteiger partial charge in [-0.25, -0.2) is 0 Å². The Labute approximate surface area is 137 Å². The maximum absolute atomic E-state index is 6.32. The Morgan fingerprint density at radius 2 is 1.00 bits per heavy atom. The number of benzene rings is 2. The zero-order valence-electron chi connectivity index (χ0n) is 14.9.